The van der Waals surface area contributed by atoms with Crippen molar-refractivity contribution in [2.75, 3.05) is 6.54 Å². The molecule has 1 aromatic heterocycles. The zero-order valence-corrected chi connectivity index (χ0v) is 19.4. The van der Waals surface area contributed by atoms with Gasteiger partial charge in [-0.25, -0.2) is 9.67 Å². The number of guanidine groups is 1. The molecule has 0 amide bonds. The van der Waals surface area contributed by atoms with Gasteiger partial charge < -0.3 is 10.6 Å². The molecule has 152 valence electrons. The Morgan fingerprint density at radius 3 is 2.93 bits per heavy atom. The Morgan fingerprint density at radius 2 is 2.18 bits per heavy atom. The molecule has 1 aliphatic heterocycles. The van der Waals surface area contributed by atoms with Crippen molar-refractivity contribution in [3.63, 3.8) is 0 Å². The predicted molar refractivity (Wildman–Crippen MR) is 124 cm³/mol. The molecule has 0 bridgehead atoms. The fraction of sp³-hybridized carbons (Fsp3) is 0.550. The molecule has 2 aromatic rings. The zero-order valence-electron chi connectivity index (χ0n) is 16.4. The number of benzene rings is 1. The van der Waals surface area contributed by atoms with Gasteiger partial charge in [-0.2, -0.15) is 5.10 Å². The third-order valence-corrected chi connectivity index (χ3v) is 5.50. The highest BCUT2D eigenvalue weighted by Gasteiger charge is 2.39. The molecule has 6 nitrogen and oxygen atoms in total. The average Bonchev–Trinajstić information content (AvgIpc) is 3.30. The van der Waals surface area contributed by atoms with Crippen LogP contribution in [-0.4, -0.2) is 39.4 Å². The van der Waals surface area contributed by atoms with E-state index in [1.54, 1.807) is 0 Å². The molecular formula is C20H28ClIN6. The second-order valence-electron chi connectivity index (χ2n) is 7.33. The van der Waals surface area contributed by atoms with Gasteiger partial charge in [-0.05, 0) is 37.5 Å². The van der Waals surface area contributed by atoms with Gasteiger partial charge in [0, 0.05) is 42.4 Å². The van der Waals surface area contributed by atoms with Crippen LogP contribution in [0.25, 0.3) is 0 Å². The first-order chi connectivity index (χ1) is 13.2. The summed E-state index contributed by atoms with van der Waals surface area (Å²) in [6, 6.07) is 8.91. The maximum atomic E-state index is 6.13. The lowest BCUT2D eigenvalue weighted by Gasteiger charge is -2.25. The Hall–Kier alpha value is -1.35. The molecular weight excluding hydrogens is 487 g/mol. The molecule has 0 spiro atoms. The number of aryl methyl sites for hydroxylation is 2. The molecule has 2 N–H and O–H groups in total. The average molecular weight is 515 g/mol. The second-order valence-corrected chi connectivity index (χ2v) is 7.77. The van der Waals surface area contributed by atoms with E-state index in [1.165, 1.54) is 5.56 Å². The fourth-order valence-corrected chi connectivity index (χ4v) is 3.95. The van der Waals surface area contributed by atoms with Crippen LogP contribution in [0.3, 0.4) is 0 Å². The standard InChI is InChI=1S/C20H27ClN6.HI/c1-3-18-25-19-9-8-15(12-27(19)26-18)23-20(22-4-2)24-17-11-16(17)13-6-5-7-14(21)10-13;/h5-7,10,15-17H,3-4,8-9,11-12H2,1-2H3,(H2,22,23,24);1H. The second kappa shape index (κ2) is 9.43. The van der Waals surface area contributed by atoms with Crippen molar-refractivity contribution in [1.82, 2.24) is 25.4 Å². The van der Waals surface area contributed by atoms with Crippen LogP contribution in [0.1, 0.15) is 49.8 Å². The zero-order chi connectivity index (χ0) is 18.8. The fourth-order valence-electron chi connectivity index (χ4n) is 3.75. The number of fused-ring (bicyclic) bond motifs is 1. The van der Waals surface area contributed by atoms with Gasteiger partial charge in [-0.15, -0.1) is 24.0 Å². The Balaban J connectivity index is 0.00000225. The van der Waals surface area contributed by atoms with Crippen molar-refractivity contribution in [2.45, 2.75) is 64.1 Å². The Labute approximate surface area is 188 Å². The van der Waals surface area contributed by atoms with Crippen molar-refractivity contribution < 1.29 is 0 Å². The third-order valence-electron chi connectivity index (χ3n) is 5.26. The minimum atomic E-state index is 0. The molecule has 3 atom stereocenters. The predicted octanol–water partition coefficient (Wildman–Crippen LogP) is 3.54. The van der Waals surface area contributed by atoms with Crippen molar-refractivity contribution in [3.05, 3.63) is 46.5 Å². The number of halogens is 2. The number of hydrogen-bond donors (Lipinski definition) is 2. The molecule has 1 aliphatic carbocycles. The van der Waals surface area contributed by atoms with Crippen LogP contribution in [0.2, 0.25) is 5.02 Å². The Bertz CT molecular complexity index is 836. The minimum absolute atomic E-state index is 0. The Morgan fingerprint density at radius 1 is 1.32 bits per heavy atom. The first kappa shape index (κ1) is 21.4. The van der Waals surface area contributed by atoms with E-state index in [9.17, 15) is 0 Å². The van der Waals surface area contributed by atoms with Crippen LogP contribution < -0.4 is 10.6 Å². The molecule has 28 heavy (non-hydrogen) atoms. The number of hydrogen-bond acceptors (Lipinski definition) is 3. The summed E-state index contributed by atoms with van der Waals surface area (Å²) < 4.78 is 2.05. The van der Waals surface area contributed by atoms with E-state index in [0.717, 1.165) is 61.4 Å². The Kier molecular flexibility index (Phi) is 7.20. The first-order valence-corrected chi connectivity index (χ1v) is 10.3. The van der Waals surface area contributed by atoms with Gasteiger partial charge in [0.25, 0.3) is 0 Å². The minimum Gasteiger partial charge on any atom is -0.353 e. The van der Waals surface area contributed by atoms with Crippen molar-refractivity contribution >= 4 is 41.5 Å². The van der Waals surface area contributed by atoms with Gasteiger partial charge in [-0.3, -0.25) is 4.99 Å². The number of aliphatic imine (C=N–C) groups is 1. The lowest BCUT2D eigenvalue weighted by Crippen LogP contribution is -2.48. The number of nitrogens with one attached hydrogen (secondary N) is 2. The lowest BCUT2D eigenvalue weighted by atomic mass is 10.1. The van der Waals surface area contributed by atoms with E-state index in [2.05, 4.69) is 56.4 Å². The number of rotatable bonds is 5. The van der Waals surface area contributed by atoms with Crippen molar-refractivity contribution in [1.29, 1.82) is 0 Å². The van der Waals surface area contributed by atoms with Gasteiger partial charge in [-0.1, -0.05) is 30.7 Å². The third kappa shape index (κ3) is 4.97. The SMILES string of the molecule is CCN=C(NC1CCc2nc(CC)nn2C1)NC1CC1c1cccc(Cl)c1.I. The molecule has 0 saturated heterocycles. The van der Waals surface area contributed by atoms with Gasteiger partial charge in [0.15, 0.2) is 11.8 Å². The summed E-state index contributed by atoms with van der Waals surface area (Å²) >= 11 is 6.13. The smallest absolute Gasteiger partial charge is 0.191 e. The molecule has 3 unspecified atom stereocenters. The summed E-state index contributed by atoms with van der Waals surface area (Å²) in [6.07, 6.45) is 4.00. The van der Waals surface area contributed by atoms with Crippen LogP contribution in [0.4, 0.5) is 0 Å². The van der Waals surface area contributed by atoms with Gasteiger partial charge in [0.2, 0.25) is 0 Å². The summed E-state index contributed by atoms with van der Waals surface area (Å²) in [5.74, 6) is 3.45. The molecule has 1 saturated carbocycles. The molecule has 8 heteroatoms. The van der Waals surface area contributed by atoms with E-state index in [0.29, 0.717) is 18.0 Å². The van der Waals surface area contributed by atoms with E-state index >= 15 is 0 Å². The summed E-state index contributed by atoms with van der Waals surface area (Å²) in [7, 11) is 0. The highest BCUT2D eigenvalue weighted by molar-refractivity contribution is 14.0. The van der Waals surface area contributed by atoms with Crippen LogP contribution in [0, 0.1) is 0 Å². The summed E-state index contributed by atoms with van der Waals surface area (Å²) in [5.41, 5.74) is 1.30. The molecule has 2 aliphatic rings. The maximum Gasteiger partial charge on any atom is 0.191 e. The molecule has 4 rings (SSSR count). The van der Waals surface area contributed by atoms with E-state index in [1.807, 2.05) is 12.1 Å². The van der Waals surface area contributed by atoms with Crippen LogP contribution >= 0.6 is 35.6 Å². The normalized spacial score (nSPS) is 23.5. The largest absolute Gasteiger partial charge is 0.353 e. The van der Waals surface area contributed by atoms with E-state index in [-0.39, 0.29) is 24.0 Å². The van der Waals surface area contributed by atoms with Crippen LogP contribution in [0.5, 0.6) is 0 Å². The number of nitrogens with zero attached hydrogens (tertiary/aromatic N) is 4. The molecule has 1 fully saturated rings. The highest BCUT2D eigenvalue weighted by atomic mass is 127. The number of aromatic nitrogens is 3. The van der Waals surface area contributed by atoms with Crippen molar-refractivity contribution in [3.8, 4) is 0 Å². The highest BCUT2D eigenvalue weighted by Crippen LogP contribution is 2.41. The van der Waals surface area contributed by atoms with Crippen LogP contribution in [0.15, 0.2) is 29.3 Å². The summed E-state index contributed by atoms with van der Waals surface area (Å²) in [5, 5.41) is 12.6. The van der Waals surface area contributed by atoms with Gasteiger partial charge in [0.05, 0.1) is 6.54 Å². The monoisotopic (exact) mass is 514 g/mol. The van der Waals surface area contributed by atoms with E-state index < -0.39 is 0 Å². The molecule has 2 heterocycles. The maximum absolute atomic E-state index is 6.13. The van der Waals surface area contributed by atoms with Crippen LogP contribution in [-0.2, 0) is 19.4 Å². The quantitative estimate of drug-likeness (QED) is 0.364. The topological polar surface area (TPSA) is 67.1 Å². The van der Waals surface area contributed by atoms with Gasteiger partial charge >= 0.3 is 0 Å². The van der Waals surface area contributed by atoms with E-state index in [4.69, 9.17) is 11.6 Å². The first-order valence-electron chi connectivity index (χ1n) is 9.91. The molecule has 0 radical (unpaired) electrons. The van der Waals surface area contributed by atoms with Gasteiger partial charge in [0.1, 0.15) is 5.82 Å². The van der Waals surface area contributed by atoms with Crippen molar-refractivity contribution in [2.24, 2.45) is 4.99 Å². The lowest BCUT2D eigenvalue weighted by molar-refractivity contribution is 0.392. The molecule has 1 aromatic carbocycles. The summed E-state index contributed by atoms with van der Waals surface area (Å²) in [6.45, 7) is 5.76. The summed E-state index contributed by atoms with van der Waals surface area (Å²) in [4.78, 5) is 9.24.